The van der Waals surface area contributed by atoms with Gasteiger partial charge in [0, 0.05) is 24.7 Å². The standard InChI is InChI=1S/C15H21F3N2O/c1-19-10-13-7-4-5-9-20(13)11-12-6-2-3-8-14(12)21-15(16,17)18/h2-3,6,8,13,19H,4-5,7,9-11H2,1H3. The minimum absolute atomic E-state index is 0.0984. The number of likely N-dealkylation sites (tertiary alicyclic amines) is 1. The molecule has 1 aromatic rings. The number of likely N-dealkylation sites (N-methyl/N-ethyl adjacent to an activating group) is 1. The third-order valence-electron chi connectivity index (χ3n) is 3.76. The molecular weight excluding hydrogens is 281 g/mol. The molecule has 3 nitrogen and oxygen atoms in total. The predicted molar refractivity (Wildman–Crippen MR) is 75.1 cm³/mol. The van der Waals surface area contributed by atoms with Crippen LogP contribution in [-0.4, -0.2) is 37.4 Å². The van der Waals surface area contributed by atoms with E-state index in [-0.39, 0.29) is 5.75 Å². The highest BCUT2D eigenvalue weighted by molar-refractivity contribution is 5.33. The van der Waals surface area contributed by atoms with Crippen LogP contribution in [0, 0.1) is 0 Å². The lowest BCUT2D eigenvalue weighted by atomic mass is 10.0. The quantitative estimate of drug-likeness (QED) is 0.904. The van der Waals surface area contributed by atoms with E-state index in [4.69, 9.17) is 0 Å². The second-order valence-electron chi connectivity index (χ2n) is 5.33. The third-order valence-corrected chi connectivity index (χ3v) is 3.76. The number of para-hydroxylation sites is 1. The first kappa shape index (κ1) is 16.1. The number of piperidine rings is 1. The lowest BCUT2D eigenvalue weighted by Gasteiger charge is -2.36. The molecule has 0 spiro atoms. The highest BCUT2D eigenvalue weighted by Crippen LogP contribution is 2.28. The summed E-state index contributed by atoms with van der Waals surface area (Å²) in [6.45, 7) is 2.24. The van der Waals surface area contributed by atoms with Crippen molar-refractivity contribution in [3.05, 3.63) is 29.8 Å². The zero-order valence-electron chi connectivity index (χ0n) is 12.1. The van der Waals surface area contributed by atoms with Gasteiger partial charge in [0.25, 0.3) is 0 Å². The van der Waals surface area contributed by atoms with Crippen LogP contribution in [0.15, 0.2) is 24.3 Å². The average Bonchev–Trinajstić information content (AvgIpc) is 2.42. The molecule has 21 heavy (non-hydrogen) atoms. The SMILES string of the molecule is CNCC1CCCCN1Cc1ccccc1OC(F)(F)F. The minimum atomic E-state index is -4.65. The van der Waals surface area contributed by atoms with E-state index in [0.717, 1.165) is 25.9 Å². The maximum atomic E-state index is 12.5. The Labute approximate surface area is 123 Å². The first-order valence-electron chi connectivity index (χ1n) is 7.22. The average molecular weight is 302 g/mol. The Balaban J connectivity index is 2.10. The van der Waals surface area contributed by atoms with Crippen molar-refractivity contribution in [2.75, 3.05) is 20.1 Å². The van der Waals surface area contributed by atoms with Gasteiger partial charge >= 0.3 is 6.36 Å². The summed E-state index contributed by atoms with van der Waals surface area (Å²) in [4.78, 5) is 2.23. The smallest absolute Gasteiger partial charge is 0.405 e. The Morgan fingerprint density at radius 3 is 2.76 bits per heavy atom. The molecule has 1 fully saturated rings. The van der Waals surface area contributed by atoms with Crippen molar-refractivity contribution in [1.82, 2.24) is 10.2 Å². The zero-order valence-corrected chi connectivity index (χ0v) is 12.1. The fraction of sp³-hybridized carbons (Fsp3) is 0.600. The van der Waals surface area contributed by atoms with Gasteiger partial charge in [-0.25, -0.2) is 0 Å². The second kappa shape index (κ2) is 7.13. The Kier molecular flexibility index (Phi) is 5.47. The molecule has 0 aromatic heterocycles. The highest BCUT2D eigenvalue weighted by Gasteiger charge is 2.32. The summed E-state index contributed by atoms with van der Waals surface area (Å²) in [6.07, 6.45) is -1.32. The molecule has 0 radical (unpaired) electrons. The fourth-order valence-electron chi connectivity index (χ4n) is 2.81. The van der Waals surface area contributed by atoms with E-state index >= 15 is 0 Å². The van der Waals surface area contributed by atoms with Gasteiger partial charge in [0.1, 0.15) is 5.75 Å². The molecule has 1 aliphatic heterocycles. The van der Waals surface area contributed by atoms with E-state index in [1.807, 2.05) is 7.05 Å². The van der Waals surface area contributed by atoms with E-state index in [2.05, 4.69) is 15.0 Å². The van der Waals surface area contributed by atoms with Gasteiger partial charge in [-0.2, -0.15) is 0 Å². The van der Waals surface area contributed by atoms with E-state index in [1.54, 1.807) is 18.2 Å². The molecule has 2 rings (SSSR count). The van der Waals surface area contributed by atoms with Crippen LogP contribution in [0.1, 0.15) is 24.8 Å². The summed E-state index contributed by atoms with van der Waals surface area (Å²) < 4.78 is 41.5. The molecule has 1 saturated heterocycles. The highest BCUT2D eigenvalue weighted by atomic mass is 19.4. The number of benzene rings is 1. The largest absolute Gasteiger partial charge is 0.573 e. The molecule has 1 heterocycles. The van der Waals surface area contributed by atoms with Crippen LogP contribution in [0.3, 0.4) is 0 Å². The van der Waals surface area contributed by atoms with Crippen molar-refractivity contribution < 1.29 is 17.9 Å². The minimum Gasteiger partial charge on any atom is -0.405 e. The molecule has 0 bridgehead atoms. The normalized spacial score (nSPS) is 20.5. The third kappa shape index (κ3) is 4.89. The lowest BCUT2D eigenvalue weighted by molar-refractivity contribution is -0.275. The number of hydrogen-bond donors (Lipinski definition) is 1. The van der Waals surface area contributed by atoms with Crippen molar-refractivity contribution in [2.24, 2.45) is 0 Å². The van der Waals surface area contributed by atoms with Gasteiger partial charge in [0.15, 0.2) is 0 Å². The number of nitrogens with zero attached hydrogens (tertiary/aromatic N) is 1. The molecule has 6 heteroatoms. The number of rotatable bonds is 5. The van der Waals surface area contributed by atoms with Crippen molar-refractivity contribution in [1.29, 1.82) is 0 Å². The first-order chi connectivity index (χ1) is 9.99. The van der Waals surface area contributed by atoms with Gasteiger partial charge in [0.2, 0.25) is 0 Å². The van der Waals surface area contributed by atoms with Crippen LogP contribution in [-0.2, 0) is 6.54 Å². The molecule has 1 unspecified atom stereocenters. The summed E-state index contributed by atoms with van der Waals surface area (Å²) in [6, 6.07) is 6.75. The maximum absolute atomic E-state index is 12.5. The number of nitrogens with one attached hydrogen (secondary N) is 1. The molecule has 0 amide bonds. The van der Waals surface area contributed by atoms with Crippen LogP contribution >= 0.6 is 0 Å². The number of alkyl halides is 3. The van der Waals surface area contributed by atoms with Gasteiger partial charge in [-0.3, -0.25) is 4.90 Å². The Morgan fingerprint density at radius 2 is 2.05 bits per heavy atom. The van der Waals surface area contributed by atoms with E-state index < -0.39 is 6.36 Å². The molecule has 0 saturated carbocycles. The molecule has 0 aliphatic carbocycles. The van der Waals surface area contributed by atoms with E-state index in [0.29, 0.717) is 18.2 Å². The molecule has 1 N–H and O–H groups in total. The molecule has 1 aromatic carbocycles. The van der Waals surface area contributed by atoms with Crippen LogP contribution in [0.4, 0.5) is 13.2 Å². The van der Waals surface area contributed by atoms with Crippen LogP contribution in [0.2, 0.25) is 0 Å². The van der Waals surface area contributed by atoms with E-state index in [9.17, 15) is 13.2 Å². The van der Waals surface area contributed by atoms with Crippen LogP contribution in [0.25, 0.3) is 0 Å². The summed E-state index contributed by atoms with van der Waals surface area (Å²) in [5.41, 5.74) is 0.581. The fourth-order valence-corrected chi connectivity index (χ4v) is 2.81. The Hall–Kier alpha value is -1.27. The van der Waals surface area contributed by atoms with Crippen molar-refractivity contribution in [3.8, 4) is 5.75 Å². The van der Waals surface area contributed by atoms with Crippen molar-refractivity contribution in [2.45, 2.75) is 38.2 Å². The van der Waals surface area contributed by atoms with Gasteiger partial charge in [-0.15, -0.1) is 13.2 Å². The predicted octanol–water partition coefficient (Wildman–Crippen LogP) is 3.16. The van der Waals surface area contributed by atoms with Gasteiger partial charge in [0.05, 0.1) is 0 Å². The van der Waals surface area contributed by atoms with Gasteiger partial charge in [-0.05, 0) is 32.5 Å². The second-order valence-corrected chi connectivity index (χ2v) is 5.33. The zero-order chi connectivity index (χ0) is 15.3. The monoisotopic (exact) mass is 302 g/mol. The van der Waals surface area contributed by atoms with Crippen molar-refractivity contribution in [3.63, 3.8) is 0 Å². The number of hydrogen-bond acceptors (Lipinski definition) is 3. The molecule has 1 aliphatic rings. The molecular formula is C15H21F3N2O. The summed E-state index contributed by atoms with van der Waals surface area (Å²) in [5.74, 6) is -0.0984. The van der Waals surface area contributed by atoms with Gasteiger partial charge in [-0.1, -0.05) is 24.6 Å². The van der Waals surface area contributed by atoms with Crippen LogP contribution < -0.4 is 10.1 Å². The lowest BCUT2D eigenvalue weighted by Crippen LogP contribution is -2.44. The van der Waals surface area contributed by atoms with Crippen molar-refractivity contribution >= 4 is 0 Å². The summed E-state index contributed by atoms with van der Waals surface area (Å²) in [7, 11) is 1.90. The Morgan fingerprint density at radius 1 is 1.29 bits per heavy atom. The summed E-state index contributed by atoms with van der Waals surface area (Å²) >= 11 is 0. The maximum Gasteiger partial charge on any atom is 0.573 e. The molecule has 118 valence electrons. The van der Waals surface area contributed by atoms with E-state index in [1.165, 1.54) is 12.5 Å². The first-order valence-corrected chi connectivity index (χ1v) is 7.22. The van der Waals surface area contributed by atoms with Gasteiger partial charge < -0.3 is 10.1 Å². The number of halogens is 3. The molecule has 1 atom stereocenters. The summed E-state index contributed by atoms with van der Waals surface area (Å²) in [5, 5.41) is 3.15. The van der Waals surface area contributed by atoms with Crippen LogP contribution in [0.5, 0.6) is 5.75 Å². The number of ether oxygens (including phenoxy) is 1. The topological polar surface area (TPSA) is 24.5 Å². The Bertz CT molecular complexity index is 449.